The summed E-state index contributed by atoms with van der Waals surface area (Å²) in [5, 5.41) is 0.751. The van der Waals surface area contributed by atoms with E-state index in [9.17, 15) is 0 Å². The third-order valence-corrected chi connectivity index (χ3v) is 5.25. The van der Waals surface area contributed by atoms with E-state index in [0.29, 0.717) is 5.41 Å². The average molecular weight is 223 g/mol. The van der Waals surface area contributed by atoms with Crippen molar-refractivity contribution in [1.82, 2.24) is 0 Å². The highest BCUT2D eigenvalue weighted by Gasteiger charge is 2.43. The molecule has 2 rings (SSSR count). The lowest BCUT2D eigenvalue weighted by Crippen LogP contribution is -2.25. The maximum absolute atomic E-state index is 5.72. The van der Waals surface area contributed by atoms with Gasteiger partial charge in [0.1, 0.15) is 0 Å². The number of hydrogen-bond acceptors (Lipinski definition) is 2. The van der Waals surface area contributed by atoms with Crippen molar-refractivity contribution in [2.24, 2.45) is 17.1 Å². The van der Waals surface area contributed by atoms with Crippen molar-refractivity contribution < 1.29 is 0 Å². The van der Waals surface area contributed by atoms with Gasteiger partial charge in [-0.05, 0) is 48.3 Å². The Morgan fingerprint density at radius 1 is 1.53 bits per heavy atom. The Kier molecular flexibility index (Phi) is 2.89. The average Bonchev–Trinajstić information content (AvgIpc) is 2.43. The third kappa shape index (κ3) is 1.84. The van der Waals surface area contributed by atoms with Gasteiger partial charge in [-0.1, -0.05) is 37.8 Å². The van der Waals surface area contributed by atoms with Crippen molar-refractivity contribution in [3.8, 4) is 0 Å². The van der Waals surface area contributed by atoms with E-state index < -0.39 is 0 Å². The van der Waals surface area contributed by atoms with Gasteiger partial charge >= 0.3 is 0 Å². The van der Waals surface area contributed by atoms with Crippen LogP contribution in [0.4, 0.5) is 0 Å². The monoisotopic (exact) mass is 223 g/mol. The van der Waals surface area contributed by atoms with Crippen LogP contribution < -0.4 is 5.73 Å². The summed E-state index contributed by atoms with van der Waals surface area (Å²) in [4.78, 5) is 1.53. The molecule has 0 radical (unpaired) electrons. The van der Waals surface area contributed by atoms with Gasteiger partial charge in [0.05, 0.1) is 5.03 Å². The van der Waals surface area contributed by atoms with Gasteiger partial charge in [0.15, 0.2) is 0 Å². The number of thioether (sulfide) groups is 1. The predicted molar refractivity (Wildman–Crippen MR) is 68.3 cm³/mol. The van der Waals surface area contributed by atoms with E-state index in [2.05, 4.69) is 20.4 Å². The second kappa shape index (κ2) is 3.89. The zero-order chi connectivity index (χ0) is 11.1. The van der Waals surface area contributed by atoms with Gasteiger partial charge in [0, 0.05) is 0 Å². The van der Waals surface area contributed by atoms with Crippen LogP contribution in [-0.4, -0.2) is 0 Å². The molecule has 15 heavy (non-hydrogen) atoms. The summed E-state index contributed by atoms with van der Waals surface area (Å²) in [5.74, 6) is 0.842. The number of hydrogen-bond donors (Lipinski definition) is 1. The summed E-state index contributed by atoms with van der Waals surface area (Å²) in [6, 6.07) is 0. The lowest BCUT2D eigenvalue weighted by Gasteiger charge is -2.36. The second-order valence-electron chi connectivity index (χ2n) is 5.18. The Labute approximate surface area is 97.2 Å². The van der Waals surface area contributed by atoms with Crippen LogP contribution in [0.2, 0.25) is 0 Å². The van der Waals surface area contributed by atoms with Gasteiger partial charge in [0.25, 0.3) is 0 Å². The highest BCUT2D eigenvalue weighted by molar-refractivity contribution is 8.06. The Hall–Kier alpha value is -0.370. The minimum atomic E-state index is 0.468. The molecule has 2 unspecified atom stereocenters. The summed E-state index contributed by atoms with van der Waals surface area (Å²) in [6.45, 7) is 8.66. The van der Waals surface area contributed by atoms with Crippen LogP contribution in [0.3, 0.4) is 0 Å². The van der Waals surface area contributed by atoms with E-state index in [4.69, 9.17) is 5.73 Å². The molecule has 2 N–H and O–H groups in total. The van der Waals surface area contributed by atoms with E-state index in [0.717, 1.165) is 10.9 Å². The minimum absolute atomic E-state index is 0.468. The largest absolute Gasteiger partial charge is 0.394 e. The quantitative estimate of drug-likeness (QED) is 0.765. The van der Waals surface area contributed by atoms with Crippen molar-refractivity contribution in [1.29, 1.82) is 0 Å². The molecule has 0 spiro atoms. The molecule has 2 heteroatoms. The van der Waals surface area contributed by atoms with Crippen molar-refractivity contribution in [2.75, 3.05) is 0 Å². The molecule has 2 aliphatic rings. The fourth-order valence-electron chi connectivity index (χ4n) is 3.16. The molecule has 0 amide bonds. The zero-order valence-corrected chi connectivity index (χ0v) is 10.6. The standard InChI is InChI=1S/C13H21NS/c1-9-6-7-11-12(15-10(2)14)5-4-8-13(9,11)3/h9H,2,4-8,14H2,1,3H3. The van der Waals surface area contributed by atoms with Crippen LogP contribution in [-0.2, 0) is 0 Å². The Morgan fingerprint density at radius 3 is 2.93 bits per heavy atom. The van der Waals surface area contributed by atoms with E-state index in [-0.39, 0.29) is 0 Å². The molecule has 1 nitrogen and oxygen atoms in total. The fourth-order valence-corrected chi connectivity index (χ4v) is 4.18. The van der Waals surface area contributed by atoms with Crippen LogP contribution >= 0.6 is 11.8 Å². The molecular formula is C13H21NS. The van der Waals surface area contributed by atoms with Crippen molar-refractivity contribution >= 4 is 11.8 Å². The van der Waals surface area contributed by atoms with Crippen molar-refractivity contribution in [3.05, 3.63) is 22.1 Å². The highest BCUT2D eigenvalue weighted by atomic mass is 32.2. The highest BCUT2D eigenvalue weighted by Crippen LogP contribution is 2.56. The molecule has 1 fully saturated rings. The van der Waals surface area contributed by atoms with Gasteiger partial charge in [0.2, 0.25) is 0 Å². The third-order valence-electron chi connectivity index (χ3n) is 4.30. The normalized spacial score (nSPS) is 35.5. The van der Waals surface area contributed by atoms with Gasteiger partial charge in [-0.2, -0.15) is 0 Å². The molecule has 0 saturated heterocycles. The van der Waals surface area contributed by atoms with Gasteiger partial charge in [-0.15, -0.1) is 0 Å². The first-order valence-corrected chi connectivity index (χ1v) is 6.70. The number of allylic oxidation sites excluding steroid dienone is 2. The molecule has 0 aromatic carbocycles. The van der Waals surface area contributed by atoms with Crippen LogP contribution in [0.1, 0.15) is 46.0 Å². The first-order valence-electron chi connectivity index (χ1n) is 5.89. The topological polar surface area (TPSA) is 26.0 Å². The van der Waals surface area contributed by atoms with E-state index in [1.165, 1.54) is 37.0 Å². The molecule has 0 heterocycles. The lowest BCUT2D eigenvalue weighted by atomic mass is 9.71. The molecule has 0 aliphatic heterocycles. The molecule has 2 atom stereocenters. The summed E-state index contributed by atoms with van der Waals surface area (Å²) in [6.07, 6.45) is 6.54. The smallest absolute Gasteiger partial charge is 0.0627 e. The Balaban J connectivity index is 2.32. The fraction of sp³-hybridized carbons (Fsp3) is 0.692. The molecule has 0 bridgehead atoms. The molecule has 84 valence electrons. The van der Waals surface area contributed by atoms with Crippen molar-refractivity contribution in [3.63, 3.8) is 0 Å². The maximum atomic E-state index is 5.72. The predicted octanol–water partition coefficient (Wildman–Crippen LogP) is 4.02. The first kappa shape index (κ1) is 11.1. The molecular weight excluding hydrogens is 202 g/mol. The summed E-state index contributed by atoms with van der Waals surface area (Å²) in [7, 11) is 0. The van der Waals surface area contributed by atoms with E-state index in [1.54, 1.807) is 17.3 Å². The van der Waals surface area contributed by atoms with Crippen LogP contribution in [0.25, 0.3) is 0 Å². The Bertz CT molecular complexity index is 318. The number of nitrogens with two attached hydrogens (primary N) is 1. The SMILES string of the molecule is C=C(N)SC1=C2CCC(C)C2(C)CCC1. The van der Waals surface area contributed by atoms with Crippen LogP contribution in [0.15, 0.2) is 22.1 Å². The van der Waals surface area contributed by atoms with E-state index >= 15 is 0 Å². The van der Waals surface area contributed by atoms with Crippen molar-refractivity contribution in [2.45, 2.75) is 46.0 Å². The molecule has 1 saturated carbocycles. The summed E-state index contributed by atoms with van der Waals surface area (Å²) < 4.78 is 0. The lowest BCUT2D eigenvalue weighted by molar-refractivity contribution is 0.258. The van der Waals surface area contributed by atoms with Gasteiger partial charge in [-0.3, -0.25) is 0 Å². The molecule has 0 aromatic heterocycles. The second-order valence-corrected chi connectivity index (χ2v) is 6.40. The van der Waals surface area contributed by atoms with Crippen LogP contribution in [0, 0.1) is 11.3 Å². The number of rotatable bonds is 2. The summed E-state index contributed by atoms with van der Waals surface area (Å²) in [5.41, 5.74) is 7.88. The van der Waals surface area contributed by atoms with Crippen LogP contribution in [0.5, 0.6) is 0 Å². The minimum Gasteiger partial charge on any atom is -0.394 e. The number of fused-ring (bicyclic) bond motifs is 1. The van der Waals surface area contributed by atoms with Gasteiger partial charge < -0.3 is 5.73 Å². The Morgan fingerprint density at radius 2 is 2.27 bits per heavy atom. The molecule has 2 aliphatic carbocycles. The van der Waals surface area contributed by atoms with E-state index in [1.807, 2.05) is 0 Å². The maximum Gasteiger partial charge on any atom is 0.0627 e. The zero-order valence-electron chi connectivity index (χ0n) is 9.81. The summed E-state index contributed by atoms with van der Waals surface area (Å²) >= 11 is 1.72. The molecule has 0 aromatic rings. The first-order chi connectivity index (χ1) is 7.04. The van der Waals surface area contributed by atoms with Gasteiger partial charge in [-0.25, -0.2) is 0 Å².